The van der Waals surface area contributed by atoms with E-state index in [0.717, 1.165) is 6.54 Å². The highest BCUT2D eigenvalue weighted by molar-refractivity contribution is 5.12. The number of hydrogen-bond acceptors (Lipinski definition) is 0. The van der Waals surface area contributed by atoms with Crippen molar-refractivity contribution >= 4 is 0 Å². The first kappa shape index (κ1) is 12.5. The Hall–Kier alpha value is -0.530. The Bertz CT molecular complexity index is 226. The van der Waals surface area contributed by atoms with Crippen LogP contribution < -0.4 is 17.7 Å². The van der Waals surface area contributed by atoms with Gasteiger partial charge in [-0.1, -0.05) is 30.3 Å². The highest BCUT2D eigenvalue weighted by Crippen LogP contribution is 1.96. The number of nitrogens with two attached hydrogens (primary N) is 1. The van der Waals surface area contributed by atoms with Crippen LogP contribution in [0.1, 0.15) is 26.3 Å². The van der Waals surface area contributed by atoms with Gasteiger partial charge in [-0.25, -0.2) is 0 Å². The van der Waals surface area contributed by atoms with E-state index in [1.165, 1.54) is 5.56 Å². The molecule has 0 spiro atoms. The first-order chi connectivity index (χ1) is 5.58. The summed E-state index contributed by atoms with van der Waals surface area (Å²) in [5, 5.41) is 2.35. The minimum atomic E-state index is 0. The van der Waals surface area contributed by atoms with Crippen LogP contribution in [0, 0.1) is 0 Å². The Labute approximate surface area is 87.0 Å². The Morgan fingerprint density at radius 1 is 1.08 bits per heavy atom. The Morgan fingerprint density at radius 3 is 2.08 bits per heavy atom. The number of benzene rings is 1. The molecule has 1 aromatic rings. The summed E-state index contributed by atoms with van der Waals surface area (Å²) in [5.74, 6) is 0. The Kier molecular flexibility index (Phi) is 5.04. The van der Waals surface area contributed by atoms with Crippen LogP contribution in [0.25, 0.3) is 0 Å². The maximum atomic E-state index is 2.35. The Balaban J connectivity index is 0.00000144. The minimum absolute atomic E-state index is 0. The number of hydrogen-bond donors (Lipinski definition) is 1. The summed E-state index contributed by atoms with van der Waals surface area (Å²) in [4.78, 5) is 0. The van der Waals surface area contributed by atoms with Crippen molar-refractivity contribution in [3.63, 3.8) is 0 Å². The molecule has 1 aromatic carbocycles. The van der Waals surface area contributed by atoms with Crippen molar-refractivity contribution in [3.05, 3.63) is 35.9 Å². The summed E-state index contributed by atoms with van der Waals surface area (Å²) in [5.41, 5.74) is 1.72. The average Bonchev–Trinajstić information content (AvgIpc) is 2.02. The third-order valence-corrected chi connectivity index (χ3v) is 1.79. The van der Waals surface area contributed by atoms with E-state index in [1.807, 2.05) is 0 Å². The van der Waals surface area contributed by atoms with Crippen LogP contribution in [0.3, 0.4) is 0 Å². The summed E-state index contributed by atoms with van der Waals surface area (Å²) in [6.07, 6.45) is 0. The van der Waals surface area contributed by atoms with Crippen LogP contribution in [-0.2, 0) is 6.54 Å². The lowest BCUT2D eigenvalue weighted by Crippen LogP contribution is -3.00. The molecule has 1 rings (SSSR count). The average molecular weight is 200 g/mol. The van der Waals surface area contributed by atoms with Crippen LogP contribution in [0.2, 0.25) is 0 Å². The molecule has 0 saturated carbocycles. The van der Waals surface area contributed by atoms with E-state index >= 15 is 0 Å². The van der Waals surface area contributed by atoms with Gasteiger partial charge in [0.05, 0.1) is 5.54 Å². The van der Waals surface area contributed by atoms with Gasteiger partial charge in [-0.15, -0.1) is 0 Å². The Morgan fingerprint density at radius 2 is 1.62 bits per heavy atom. The van der Waals surface area contributed by atoms with E-state index < -0.39 is 0 Å². The molecule has 2 heteroatoms. The molecule has 0 aliphatic carbocycles. The van der Waals surface area contributed by atoms with Gasteiger partial charge < -0.3 is 17.7 Å². The number of rotatable bonds is 2. The summed E-state index contributed by atoms with van der Waals surface area (Å²) in [6, 6.07) is 10.6. The van der Waals surface area contributed by atoms with Gasteiger partial charge in [0.15, 0.2) is 0 Å². The van der Waals surface area contributed by atoms with Gasteiger partial charge in [0.2, 0.25) is 0 Å². The van der Waals surface area contributed by atoms with Crippen LogP contribution in [0.4, 0.5) is 0 Å². The summed E-state index contributed by atoms with van der Waals surface area (Å²) < 4.78 is 0. The fraction of sp³-hybridized carbons (Fsp3) is 0.455. The van der Waals surface area contributed by atoms with E-state index in [4.69, 9.17) is 0 Å². The maximum Gasteiger partial charge on any atom is 0.102 e. The monoisotopic (exact) mass is 199 g/mol. The highest BCUT2D eigenvalue weighted by Gasteiger charge is 2.11. The molecule has 2 N–H and O–H groups in total. The first-order valence-corrected chi connectivity index (χ1v) is 4.46. The van der Waals surface area contributed by atoms with Gasteiger partial charge in [-0.05, 0) is 20.8 Å². The van der Waals surface area contributed by atoms with Crippen molar-refractivity contribution in [2.45, 2.75) is 32.9 Å². The molecule has 0 saturated heterocycles. The minimum Gasteiger partial charge on any atom is -1.00 e. The van der Waals surface area contributed by atoms with Gasteiger partial charge in [-0.2, -0.15) is 0 Å². The first-order valence-electron chi connectivity index (χ1n) is 4.46. The van der Waals surface area contributed by atoms with Gasteiger partial charge in [0.25, 0.3) is 0 Å². The predicted octanol–water partition coefficient (Wildman–Crippen LogP) is -1.45. The van der Waals surface area contributed by atoms with Crippen LogP contribution in [0.5, 0.6) is 0 Å². The summed E-state index contributed by atoms with van der Waals surface area (Å²) in [7, 11) is 0. The molecule has 1 nitrogen and oxygen atoms in total. The van der Waals surface area contributed by atoms with Gasteiger partial charge >= 0.3 is 0 Å². The van der Waals surface area contributed by atoms with Crippen molar-refractivity contribution in [1.29, 1.82) is 0 Å². The normalized spacial score (nSPS) is 10.7. The summed E-state index contributed by atoms with van der Waals surface area (Å²) >= 11 is 0. The molecule has 0 aliphatic rings. The second-order valence-electron chi connectivity index (χ2n) is 4.26. The number of quaternary nitrogens is 1. The molecule has 0 heterocycles. The van der Waals surface area contributed by atoms with E-state index in [0.29, 0.717) is 5.54 Å². The van der Waals surface area contributed by atoms with E-state index in [1.54, 1.807) is 0 Å². The third-order valence-electron chi connectivity index (χ3n) is 1.79. The fourth-order valence-corrected chi connectivity index (χ4v) is 1.04. The molecule has 13 heavy (non-hydrogen) atoms. The lowest BCUT2D eigenvalue weighted by Gasteiger charge is -2.16. The lowest BCUT2D eigenvalue weighted by molar-refractivity contribution is -0.731. The molecule has 0 aromatic heterocycles. The zero-order valence-corrected chi connectivity index (χ0v) is 9.31. The largest absolute Gasteiger partial charge is 1.00 e. The second kappa shape index (κ2) is 5.25. The molecular weight excluding hydrogens is 182 g/mol. The quantitative estimate of drug-likeness (QED) is 0.601. The predicted molar refractivity (Wildman–Crippen MR) is 51.8 cm³/mol. The van der Waals surface area contributed by atoms with Gasteiger partial charge in [-0.3, -0.25) is 0 Å². The molecule has 0 radical (unpaired) electrons. The molecular formula is C11H18ClN. The molecule has 0 aliphatic heterocycles. The highest BCUT2D eigenvalue weighted by atomic mass is 35.5. The van der Waals surface area contributed by atoms with Crippen LogP contribution >= 0.6 is 0 Å². The zero-order valence-electron chi connectivity index (χ0n) is 8.55. The topological polar surface area (TPSA) is 16.6 Å². The summed E-state index contributed by atoms with van der Waals surface area (Å²) in [6.45, 7) is 7.77. The van der Waals surface area contributed by atoms with E-state index in [9.17, 15) is 0 Å². The van der Waals surface area contributed by atoms with Crippen molar-refractivity contribution in [2.24, 2.45) is 0 Å². The smallest absolute Gasteiger partial charge is 0.102 e. The van der Waals surface area contributed by atoms with Crippen molar-refractivity contribution in [3.8, 4) is 0 Å². The lowest BCUT2D eigenvalue weighted by atomic mass is 10.1. The molecule has 0 unspecified atom stereocenters. The molecule has 74 valence electrons. The standard InChI is InChI=1S/C11H17N.ClH/c1-11(2,3)12-9-10-7-5-4-6-8-10;/h4-8,12H,9H2,1-3H3;1H. The van der Waals surface area contributed by atoms with E-state index in [2.05, 4.69) is 56.4 Å². The fourth-order valence-electron chi connectivity index (χ4n) is 1.04. The van der Waals surface area contributed by atoms with Crippen molar-refractivity contribution in [2.75, 3.05) is 0 Å². The van der Waals surface area contributed by atoms with Gasteiger partial charge in [0, 0.05) is 5.56 Å². The third kappa shape index (κ3) is 5.67. The van der Waals surface area contributed by atoms with Crippen LogP contribution in [0.15, 0.2) is 30.3 Å². The maximum absolute atomic E-state index is 2.35. The van der Waals surface area contributed by atoms with Crippen molar-refractivity contribution in [1.82, 2.24) is 0 Å². The van der Waals surface area contributed by atoms with Crippen molar-refractivity contribution < 1.29 is 17.7 Å². The van der Waals surface area contributed by atoms with Gasteiger partial charge in [0.1, 0.15) is 6.54 Å². The number of halogens is 1. The van der Waals surface area contributed by atoms with Crippen LogP contribution in [-0.4, -0.2) is 5.54 Å². The second-order valence-corrected chi connectivity index (χ2v) is 4.26. The zero-order chi connectivity index (χ0) is 9.03. The molecule has 0 atom stereocenters. The van der Waals surface area contributed by atoms with E-state index in [-0.39, 0.29) is 12.4 Å². The molecule has 0 bridgehead atoms. The molecule has 0 amide bonds. The SMILES string of the molecule is CC(C)(C)[NH2+]Cc1ccccc1.[Cl-]. The molecule has 0 fully saturated rings.